The number of halogens is 2. The number of aliphatic imine (C=N–C) groups is 1. The van der Waals surface area contributed by atoms with Gasteiger partial charge in [-0.3, -0.25) is 0 Å². The monoisotopic (exact) mass is 479 g/mol. The van der Waals surface area contributed by atoms with Crippen LogP contribution in [0.15, 0.2) is 66.2 Å². The minimum Gasteiger partial charge on any atom is -0.370 e. The van der Waals surface area contributed by atoms with Gasteiger partial charge in [-0.25, -0.2) is 14.4 Å². The van der Waals surface area contributed by atoms with Gasteiger partial charge in [-0.15, -0.1) is 24.0 Å². The third-order valence-corrected chi connectivity index (χ3v) is 4.05. The van der Waals surface area contributed by atoms with E-state index in [0.29, 0.717) is 24.1 Å². The second-order valence-corrected chi connectivity index (χ2v) is 6.36. The molecule has 0 spiro atoms. The fourth-order valence-electron chi connectivity index (χ4n) is 2.60. The SMILES string of the molecule is CC(C)c1cccc(NC(N)=NCc2ccc(-n3ccnc3)c(F)c2)c1.I. The van der Waals surface area contributed by atoms with Gasteiger partial charge in [0, 0.05) is 18.1 Å². The van der Waals surface area contributed by atoms with E-state index in [1.807, 2.05) is 24.3 Å². The van der Waals surface area contributed by atoms with Gasteiger partial charge in [0.25, 0.3) is 0 Å². The number of hydrogen-bond donors (Lipinski definition) is 2. The molecule has 7 heteroatoms. The van der Waals surface area contributed by atoms with E-state index in [0.717, 1.165) is 11.3 Å². The average molecular weight is 479 g/mol. The first kappa shape index (κ1) is 20.9. The molecule has 1 heterocycles. The Morgan fingerprint density at radius 2 is 2.07 bits per heavy atom. The third-order valence-electron chi connectivity index (χ3n) is 4.05. The predicted molar refractivity (Wildman–Crippen MR) is 118 cm³/mol. The van der Waals surface area contributed by atoms with Crippen molar-refractivity contribution in [2.45, 2.75) is 26.3 Å². The van der Waals surface area contributed by atoms with Crippen LogP contribution in [0, 0.1) is 5.82 Å². The lowest BCUT2D eigenvalue weighted by Gasteiger charge is -2.10. The molecule has 142 valence electrons. The average Bonchev–Trinajstić information content (AvgIpc) is 3.14. The van der Waals surface area contributed by atoms with E-state index in [-0.39, 0.29) is 29.8 Å². The van der Waals surface area contributed by atoms with Crippen LogP contribution in [0.1, 0.15) is 30.9 Å². The molecule has 0 unspecified atom stereocenters. The Balaban J connectivity index is 0.00000261. The number of aromatic nitrogens is 2. The lowest BCUT2D eigenvalue weighted by atomic mass is 10.0. The van der Waals surface area contributed by atoms with Crippen molar-refractivity contribution in [3.8, 4) is 5.69 Å². The van der Waals surface area contributed by atoms with Crippen LogP contribution in [0.4, 0.5) is 10.1 Å². The van der Waals surface area contributed by atoms with E-state index in [4.69, 9.17) is 5.73 Å². The summed E-state index contributed by atoms with van der Waals surface area (Å²) in [6.45, 7) is 4.57. The van der Waals surface area contributed by atoms with E-state index in [1.165, 1.54) is 11.6 Å². The summed E-state index contributed by atoms with van der Waals surface area (Å²) in [6, 6.07) is 13.0. The molecule has 0 aliphatic rings. The molecule has 0 amide bonds. The molecule has 0 bridgehead atoms. The number of guanidine groups is 1. The van der Waals surface area contributed by atoms with Crippen molar-refractivity contribution >= 4 is 35.6 Å². The van der Waals surface area contributed by atoms with Crippen molar-refractivity contribution in [1.29, 1.82) is 0 Å². The Hall–Kier alpha value is -2.42. The van der Waals surface area contributed by atoms with Crippen LogP contribution in [-0.2, 0) is 6.54 Å². The Labute approximate surface area is 175 Å². The molecule has 0 radical (unpaired) electrons. The first-order chi connectivity index (χ1) is 12.5. The number of imidazole rings is 1. The van der Waals surface area contributed by atoms with Crippen molar-refractivity contribution in [3.05, 3.63) is 78.1 Å². The summed E-state index contributed by atoms with van der Waals surface area (Å²) in [6.07, 6.45) is 4.87. The molecule has 0 aliphatic heterocycles. The van der Waals surface area contributed by atoms with E-state index >= 15 is 0 Å². The first-order valence-electron chi connectivity index (χ1n) is 8.46. The maximum atomic E-state index is 14.3. The molecule has 0 aliphatic carbocycles. The molecule has 27 heavy (non-hydrogen) atoms. The number of nitrogens with two attached hydrogens (primary N) is 1. The normalized spacial score (nSPS) is 11.3. The van der Waals surface area contributed by atoms with E-state index < -0.39 is 0 Å². The van der Waals surface area contributed by atoms with E-state index in [9.17, 15) is 4.39 Å². The van der Waals surface area contributed by atoms with Crippen LogP contribution in [0.5, 0.6) is 0 Å². The van der Waals surface area contributed by atoms with Crippen molar-refractivity contribution in [3.63, 3.8) is 0 Å². The van der Waals surface area contributed by atoms with Gasteiger partial charge in [0.2, 0.25) is 0 Å². The van der Waals surface area contributed by atoms with Gasteiger partial charge in [-0.05, 0) is 41.3 Å². The van der Waals surface area contributed by atoms with Gasteiger partial charge in [-0.1, -0.05) is 32.0 Å². The quantitative estimate of drug-likeness (QED) is 0.317. The zero-order chi connectivity index (χ0) is 18.5. The molecular formula is C20H23FIN5. The van der Waals surface area contributed by atoms with Gasteiger partial charge in [0.05, 0.1) is 18.6 Å². The highest BCUT2D eigenvalue weighted by molar-refractivity contribution is 14.0. The van der Waals surface area contributed by atoms with Gasteiger partial charge in [0.1, 0.15) is 5.82 Å². The summed E-state index contributed by atoms with van der Waals surface area (Å²) in [4.78, 5) is 8.22. The van der Waals surface area contributed by atoms with Crippen LogP contribution in [0.2, 0.25) is 0 Å². The fourth-order valence-corrected chi connectivity index (χ4v) is 2.60. The Kier molecular flexibility index (Phi) is 7.35. The minimum atomic E-state index is -0.327. The first-order valence-corrected chi connectivity index (χ1v) is 8.46. The van der Waals surface area contributed by atoms with Gasteiger partial charge < -0.3 is 15.6 Å². The highest BCUT2D eigenvalue weighted by Gasteiger charge is 2.06. The number of anilines is 1. The van der Waals surface area contributed by atoms with Crippen LogP contribution in [0.3, 0.4) is 0 Å². The molecule has 1 aromatic heterocycles. The zero-order valence-corrected chi connectivity index (χ0v) is 17.6. The third kappa shape index (κ3) is 5.53. The Morgan fingerprint density at radius 3 is 2.74 bits per heavy atom. The van der Waals surface area contributed by atoms with Crippen LogP contribution in [0.25, 0.3) is 5.69 Å². The zero-order valence-electron chi connectivity index (χ0n) is 15.3. The summed E-state index contributed by atoms with van der Waals surface area (Å²) in [5.74, 6) is 0.406. The van der Waals surface area contributed by atoms with E-state index in [1.54, 1.807) is 29.4 Å². The molecule has 0 fully saturated rings. The highest BCUT2D eigenvalue weighted by atomic mass is 127. The van der Waals surface area contributed by atoms with Crippen LogP contribution < -0.4 is 11.1 Å². The molecule has 0 saturated heterocycles. The van der Waals surface area contributed by atoms with Crippen molar-refractivity contribution in [1.82, 2.24) is 9.55 Å². The van der Waals surface area contributed by atoms with E-state index in [2.05, 4.69) is 35.2 Å². The standard InChI is InChI=1S/C20H22FN5.HI/c1-14(2)16-4-3-5-17(11-16)25-20(22)24-12-15-6-7-19(18(21)10-15)26-9-8-23-13-26;/h3-11,13-14H,12H2,1-2H3,(H3,22,24,25);1H. The van der Waals surface area contributed by atoms with Gasteiger partial charge in [0.15, 0.2) is 5.96 Å². The number of rotatable bonds is 5. The number of benzene rings is 2. The molecule has 0 atom stereocenters. The Bertz CT molecular complexity index is 906. The van der Waals surface area contributed by atoms with Gasteiger partial charge in [-0.2, -0.15) is 0 Å². The smallest absolute Gasteiger partial charge is 0.193 e. The molecule has 2 aromatic carbocycles. The second-order valence-electron chi connectivity index (χ2n) is 6.36. The topological polar surface area (TPSA) is 68.2 Å². The number of hydrogen-bond acceptors (Lipinski definition) is 2. The lowest BCUT2D eigenvalue weighted by molar-refractivity contribution is 0.616. The second kappa shape index (κ2) is 9.50. The molecular weight excluding hydrogens is 456 g/mol. The van der Waals surface area contributed by atoms with Gasteiger partial charge >= 0.3 is 0 Å². The molecule has 3 rings (SSSR count). The Morgan fingerprint density at radius 1 is 1.26 bits per heavy atom. The minimum absolute atomic E-state index is 0. The molecule has 3 aromatic rings. The molecule has 3 N–H and O–H groups in total. The largest absolute Gasteiger partial charge is 0.370 e. The predicted octanol–water partition coefficient (Wildman–Crippen LogP) is 4.68. The highest BCUT2D eigenvalue weighted by Crippen LogP contribution is 2.18. The van der Waals surface area contributed by atoms with Crippen LogP contribution in [-0.4, -0.2) is 15.5 Å². The number of nitrogens with zero attached hydrogens (tertiary/aromatic N) is 3. The summed E-state index contributed by atoms with van der Waals surface area (Å²) in [7, 11) is 0. The maximum Gasteiger partial charge on any atom is 0.193 e. The maximum absolute atomic E-state index is 14.3. The molecule has 5 nitrogen and oxygen atoms in total. The van der Waals surface area contributed by atoms with Crippen molar-refractivity contribution in [2.75, 3.05) is 5.32 Å². The summed E-state index contributed by atoms with van der Waals surface area (Å²) < 4.78 is 15.9. The molecule has 0 saturated carbocycles. The lowest BCUT2D eigenvalue weighted by Crippen LogP contribution is -2.22. The number of nitrogens with one attached hydrogen (secondary N) is 1. The van der Waals surface area contributed by atoms with Crippen molar-refractivity contribution < 1.29 is 4.39 Å². The summed E-state index contributed by atoms with van der Waals surface area (Å²) in [5, 5.41) is 3.08. The fraction of sp³-hybridized carbons (Fsp3) is 0.200. The summed E-state index contributed by atoms with van der Waals surface area (Å²) >= 11 is 0. The van der Waals surface area contributed by atoms with Crippen molar-refractivity contribution in [2.24, 2.45) is 10.7 Å². The summed E-state index contributed by atoms with van der Waals surface area (Å²) in [5.41, 5.74) is 9.26. The van der Waals surface area contributed by atoms with Crippen LogP contribution >= 0.6 is 24.0 Å².